The standard InChI is InChI=1S/C14H17N3O2/c1-11(2)17-9-8-13(16-17)15-14(18)19-10-12-6-4-3-5-7-12/h3-9,11H,10H2,1-2H3,(H,15,16,18). The second-order valence-electron chi connectivity index (χ2n) is 4.46. The molecule has 0 aliphatic carbocycles. The van der Waals surface area contributed by atoms with E-state index in [-0.39, 0.29) is 12.6 Å². The lowest BCUT2D eigenvalue weighted by Gasteiger charge is -2.06. The van der Waals surface area contributed by atoms with E-state index in [9.17, 15) is 4.79 Å². The Morgan fingerprint density at radius 3 is 2.68 bits per heavy atom. The molecule has 0 atom stereocenters. The van der Waals surface area contributed by atoms with Crippen LogP contribution in [0.25, 0.3) is 0 Å². The zero-order chi connectivity index (χ0) is 13.7. The van der Waals surface area contributed by atoms with Crippen LogP contribution in [0.1, 0.15) is 25.5 Å². The molecule has 0 saturated heterocycles. The summed E-state index contributed by atoms with van der Waals surface area (Å²) >= 11 is 0. The summed E-state index contributed by atoms with van der Waals surface area (Å²) in [6.45, 7) is 4.28. The van der Waals surface area contributed by atoms with Crippen molar-refractivity contribution in [2.75, 3.05) is 5.32 Å². The van der Waals surface area contributed by atoms with Crippen LogP contribution in [0.15, 0.2) is 42.6 Å². The molecule has 1 N–H and O–H groups in total. The van der Waals surface area contributed by atoms with Gasteiger partial charge in [-0.2, -0.15) is 5.10 Å². The van der Waals surface area contributed by atoms with Gasteiger partial charge < -0.3 is 4.74 Å². The van der Waals surface area contributed by atoms with Crippen LogP contribution >= 0.6 is 0 Å². The number of benzene rings is 1. The lowest BCUT2D eigenvalue weighted by molar-refractivity contribution is 0.155. The van der Waals surface area contributed by atoms with Gasteiger partial charge in [0.15, 0.2) is 5.82 Å². The SMILES string of the molecule is CC(C)n1ccc(NC(=O)OCc2ccccc2)n1. The third kappa shape index (κ3) is 3.84. The maximum Gasteiger partial charge on any atom is 0.413 e. The summed E-state index contributed by atoms with van der Waals surface area (Å²) in [4.78, 5) is 11.6. The number of carbonyl (C=O) groups is 1. The average molecular weight is 259 g/mol. The van der Waals surface area contributed by atoms with Gasteiger partial charge in [0.25, 0.3) is 0 Å². The van der Waals surface area contributed by atoms with E-state index in [0.717, 1.165) is 5.56 Å². The third-order valence-electron chi connectivity index (χ3n) is 2.58. The fourth-order valence-electron chi connectivity index (χ4n) is 1.56. The highest BCUT2D eigenvalue weighted by atomic mass is 16.5. The number of anilines is 1. The van der Waals surface area contributed by atoms with E-state index < -0.39 is 6.09 Å². The van der Waals surface area contributed by atoms with Crippen LogP contribution in [0, 0.1) is 0 Å². The molecule has 0 aliphatic heterocycles. The van der Waals surface area contributed by atoms with E-state index in [1.807, 2.05) is 50.4 Å². The molecule has 1 aromatic carbocycles. The first-order valence-electron chi connectivity index (χ1n) is 6.18. The number of nitrogens with zero attached hydrogens (tertiary/aromatic N) is 2. The molecule has 1 amide bonds. The Morgan fingerprint density at radius 1 is 1.32 bits per heavy atom. The van der Waals surface area contributed by atoms with E-state index in [4.69, 9.17) is 4.74 Å². The molecule has 2 rings (SSSR count). The highest BCUT2D eigenvalue weighted by Gasteiger charge is 2.07. The Balaban J connectivity index is 1.84. The number of amides is 1. The summed E-state index contributed by atoms with van der Waals surface area (Å²) in [5, 5.41) is 6.80. The second-order valence-corrected chi connectivity index (χ2v) is 4.46. The van der Waals surface area contributed by atoms with Gasteiger partial charge in [0.05, 0.1) is 0 Å². The van der Waals surface area contributed by atoms with Crippen molar-refractivity contribution < 1.29 is 9.53 Å². The minimum absolute atomic E-state index is 0.248. The van der Waals surface area contributed by atoms with Crippen molar-refractivity contribution in [3.8, 4) is 0 Å². The minimum Gasteiger partial charge on any atom is -0.444 e. The van der Waals surface area contributed by atoms with E-state index in [1.165, 1.54) is 0 Å². The molecule has 0 radical (unpaired) electrons. The maximum atomic E-state index is 11.6. The first-order chi connectivity index (χ1) is 9.15. The summed E-state index contributed by atoms with van der Waals surface area (Å²) in [5.74, 6) is 0.492. The molecule has 5 heteroatoms. The summed E-state index contributed by atoms with van der Waals surface area (Å²) in [7, 11) is 0. The Labute approximate surface area is 112 Å². The van der Waals surface area contributed by atoms with Crippen molar-refractivity contribution in [2.45, 2.75) is 26.5 Å². The molecular formula is C14H17N3O2. The molecule has 1 aromatic heterocycles. The van der Waals surface area contributed by atoms with Crippen LogP contribution in [-0.4, -0.2) is 15.9 Å². The molecule has 2 aromatic rings. The summed E-state index contributed by atoms with van der Waals surface area (Å²) < 4.78 is 6.87. The summed E-state index contributed by atoms with van der Waals surface area (Å²) in [6, 6.07) is 11.5. The van der Waals surface area contributed by atoms with Crippen LogP contribution in [0.2, 0.25) is 0 Å². The molecule has 0 unspecified atom stereocenters. The van der Waals surface area contributed by atoms with Crippen molar-refractivity contribution in [1.29, 1.82) is 0 Å². The summed E-state index contributed by atoms with van der Waals surface area (Å²) in [5.41, 5.74) is 0.949. The number of ether oxygens (including phenoxy) is 1. The Hall–Kier alpha value is -2.30. The van der Waals surface area contributed by atoms with E-state index in [2.05, 4.69) is 10.4 Å². The van der Waals surface area contributed by atoms with E-state index in [1.54, 1.807) is 10.7 Å². The Morgan fingerprint density at radius 2 is 2.05 bits per heavy atom. The van der Waals surface area contributed by atoms with E-state index >= 15 is 0 Å². The van der Waals surface area contributed by atoms with Gasteiger partial charge >= 0.3 is 6.09 Å². The van der Waals surface area contributed by atoms with Gasteiger partial charge in [0, 0.05) is 18.3 Å². The lowest BCUT2D eigenvalue weighted by Crippen LogP contribution is -2.14. The van der Waals surface area contributed by atoms with Crippen LogP contribution < -0.4 is 5.32 Å². The Bertz CT molecular complexity index is 535. The quantitative estimate of drug-likeness (QED) is 0.917. The molecule has 1 heterocycles. The molecule has 0 spiro atoms. The van der Waals surface area contributed by atoms with Crippen LogP contribution in [-0.2, 0) is 11.3 Å². The van der Waals surface area contributed by atoms with Gasteiger partial charge in [-0.25, -0.2) is 4.79 Å². The number of nitrogens with one attached hydrogen (secondary N) is 1. The smallest absolute Gasteiger partial charge is 0.413 e. The fourth-order valence-corrected chi connectivity index (χ4v) is 1.56. The molecule has 0 saturated carbocycles. The van der Waals surface area contributed by atoms with Crippen LogP contribution in [0.3, 0.4) is 0 Å². The first-order valence-corrected chi connectivity index (χ1v) is 6.18. The molecule has 100 valence electrons. The van der Waals surface area contributed by atoms with Crippen molar-refractivity contribution in [1.82, 2.24) is 9.78 Å². The maximum absolute atomic E-state index is 11.6. The lowest BCUT2D eigenvalue weighted by atomic mass is 10.2. The van der Waals surface area contributed by atoms with Crippen LogP contribution in [0.4, 0.5) is 10.6 Å². The molecule has 0 bridgehead atoms. The fraction of sp³-hybridized carbons (Fsp3) is 0.286. The van der Waals surface area contributed by atoms with Crippen molar-refractivity contribution in [2.24, 2.45) is 0 Å². The van der Waals surface area contributed by atoms with Gasteiger partial charge in [-0.1, -0.05) is 30.3 Å². The third-order valence-corrected chi connectivity index (χ3v) is 2.58. The number of hydrogen-bond donors (Lipinski definition) is 1. The molecule has 5 nitrogen and oxygen atoms in total. The second kappa shape index (κ2) is 6.04. The Kier molecular flexibility index (Phi) is 4.18. The van der Waals surface area contributed by atoms with E-state index in [0.29, 0.717) is 5.82 Å². The van der Waals surface area contributed by atoms with Crippen LogP contribution in [0.5, 0.6) is 0 Å². The van der Waals surface area contributed by atoms with Gasteiger partial charge in [0.2, 0.25) is 0 Å². The monoisotopic (exact) mass is 259 g/mol. The van der Waals surface area contributed by atoms with Gasteiger partial charge in [-0.15, -0.1) is 0 Å². The van der Waals surface area contributed by atoms with Crippen molar-refractivity contribution in [3.05, 3.63) is 48.2 Å². The predicted molar refractivity (Wildman–Crippen MR) is 72.9 cm³/mol. The average Bonchev–Trinajstić information content (AvgIpc) is 2.86. The number of hydrogen-bond acceptors (Lipinski definition) is 3. The number of aromatic nitrogens is 2. The largest absolute Gasteiger partial charge is 0.444 e. The molecule has 0 fully saturated rings. The van der Waals surface area contributed by atoms with Gasteiger partial charge in [0.1, 0.15) is 6.61 Å². The molecule has 19 heavy (non-hydrogen) atoms. The molecule has 0 aliphatic rings. The zero-order valence-electron chi connectivity index (χ0n) is 11.0. The minimum atomic E-state index is -0.502. The van der Waals surface area contributed by atoms with Gasteiger partial charge in [-0.05, 0) is 19.4 Å². The normalized spacial score (nSPS) is 10.5. The zero-order valence-corrected chi connectivity index (χ0v) is 11.0. The first kappa shape index (κ1) is 13.1. The van der Waals surface area contributed by atoms with Crippen molar-refractivity contribution in [3.63, 3.8) is 0 Å². The van der Waals surface area contributed by atoms with Crippen molar-refractivity contribution >= 4 is 11.9 Å². The highest BCUT2D eigenvalue weighted by molar-refractivity contribution is 5.83. The topological polar surface area (TPSA) is 56.2 Å². The van der Waals surface area contributed by atoms with Gasteiger partial charge in [-0.3, -0.25) is 10.00 Å². The predicted octanol–water partition coefficient (Wildman–Crippen LogP) is 3.21. The highest BCUT2D eigenvalue weighted by Crippen LogP contribution is 2.09. The summed E-state index contributed by atoms with van der Waals surface area (Å²) in [6.07, 6.45) is 1.31. The molecular weight excluding hydrogens is 242 g/mol. The number of carbonyl (C=O) groups excluding carboxylic acids is 1. The number of rotatable bonds is 4.